The standard InChI is InChI=1S/C17H15N3O/c1-12-5-7-13(8-6-12)17(21)19-15-4-2-3-14(11-15)16-9-10-18-20-16/h2-11H,1H3,(H,18,20)(H,19,21). The number of aromatic nitrogens is 2. The summed E-state index contributed by atoms with van der Waals surface area (Å²) in [7, 11) is 0. The van der Waals surface area contributed by atoms with Crippen molar-refractivity contribution in [2.75, 3.05) is 5.32 Å². The van der Waals surface area contributed by atoms with Crippen LogP contribution in [0.4, 0.5) is 5.69 Å². The Labute approximate surface area is 122 Å². The van der Waals surface area contributed by atoms with Gasteiger partial charge >= 0.3 is 0 Å². The van der Waals surface area contributed by atoms with Crippen molar-refractivity contribution in [1.29, 1.82) is 0 Å². The van der Waals surface area contributed by atoms with Crippen molar-refractivity contribution < 1.29 is 4.79 Å². The zero-order valence-corrected chi connectivity index (χ0v) is 11.6. The van der Waals surface area contributed by atoms with E-state index in [0.29, 0.717) is 5.56 Å². The third kappa shape index (κ3) is 3.00. The quantitative estimate of drug-likeness (QED) is 0.768. The highest BCUT2D eigenvalue weighted by molar-refractivity contribution is 6.04. The Morgan fingerprint density at radius 3 is 2.62 bits per heavy atom. The maximum Gasteiger partial charge on any atom is 0.255 e. The van der Waals surface area contributed by atoms with E-state index in [0.717, 1.165) is 22.5 Å². The summed E-state index contributed by atoms with van der Waals surface area (Å²) in [6.07, 6.45) is 1.70. The maximum atomic E-state index is 12.2. The molecule has 21 heavy (non-hydrogen) atoms. The van der Waals surface area contributed by atoms with E-state index < -0.39 is 0 Å². The molecule has 0 unspecified atom stereocenters. The molecule has 104 valence electrons. The zero-order chi connectivity index (χ0) is 14.7. The fourth-order valence-corrected chi connectivity index (χ4v) is 2.09. The van der Waals surface area contributed by atoms with Gasteiger partial charge in [0, 0.05) is 23.0 Å². The van der Waals surface area contributed by atoms with Gasteiger partial charge in [0.25, 0.3) is 5.91 Å². The van der Waals surface area contributed by atoms with Crippen LogP contribution in [-0.2, 0) is 0 Å². The van der Waals surface area contributed by atoms with Crippen LogP contribution in [0.5, 0.6) is 0 Å². The van der Waals surface area contributed by atoms with E-state index in [2.05, 4.69) is 15.5 Å². The second-order valence-electron chi connectivity index (χ2n) is 4.87. The van der Waals surface area contributed by atoms with Gasteiger partial charge in [0.15, 0.2) is 0 Å². The number of anilines is 1. The Hall–Kier alpha value is -2.88. The molecule has 1 amide bonds. The first-order valence-electron chi connectivity index (χ1n) is 6.70. The lowest BCUT2D eigenvalue weighted by Gasteiger charge is -2.07. The van der Waals surface area contributed by atoms with E-state index >= 15 is 0 Å². The number of hydrogen-bond donors (Lipinski definition) is 2. The number of carbonyl (C=O) groups is 1. The Kier molecular flexibility index (Phi) is 3.51. The molecule has 0 spiro atoms. The predicted molar refractivity (Wildman–Crippen MR) is 83.2 cm³/mol. The van der Waals surface area contributed by atoms with Crippen molar-refractivity contribution in [3.63, 3.8) is 0 Å². The van der Waals surface area contributed by atoms with Crippen LogP contribution in [0.2, 0.25) is 0 Å². The maximum absolute atomic E-state index is 12.2. The van der Waals surface area contributed by atoms with Gasteiger partial charge < -0.3 is 5.32 Å². The number of H-pyrrole nitrogens is 1. The summed E-state index contributed by atoms with van der Waals surface area (Å²) in [6.45, 7) is 2.00. The highest BCUT2D eigenvalue weighted by Crippen LogP contribution is 2.20. The van der Waals surface area contributed by atoms with Crippen LogP contribution < -0.4 is 5.32 Å². The molecule has 4 nitrogen and oxygen atoms in total. The molecule has 0 bridgehead atoms. The molecule has 0 saturated heterocycles. The van der Waals surface area contributed by atoms with Crippen LogP contribution in [0.25, 0.3) is 11.3 Å². The number of amides is 1. The van der Waals surface area contributed by atoms with Crippen molar-refractivity contribution >= 4 is 11.6 Å². The third-order valence-electron chi connectivity index (χ3n) is 3.25. The summed E-state index contributed by atoms with van der Waals surface area (Å²) in [5.74, 6) is -0.114. The van der Waals surface area contributed by atoms with Crippen LogP contribution in [0.3, 0.4) is 0 Å². The topological polar surface area (TPSA) is 57.8 Å². The number of benzene rings is 2. The second-order valence-corrected chi connectivity index (χ2v) is 4.87. The van der Waals surface area contributed by atoms with Crippen LogP contribution in [0.15, 0.2) is 60.8 Å². The van der Waals surface area contributed by atoms with Gasteiger partial charge in [-0.05, 0) is 37.3 Å². The lowest BCUT2D eigenvalue weighted by molar-refractivity contribution is 0.102. The molecular weight excluding hydrogens is 262 g/mol. The van der Waals surface area contributed by atoms with Crippen molar-refractivity contribution in [3.8, 4) is 11.3 Å². The SMILES string of the molecule is Cc1ccc(C(=O)Nc2cccc(-c3ccn[nH]3)c2)cc1. The van der Waals surface area contributed by atoms with Gasteiger partial charge in [-0.2, -0.15) is 5.10 Å². The molecule has 0 saturated carbocycles. The summed E-state index contributed by atoms with van der Waals surface area (Å²) in [4.78, 5) is 12.2. The smallest absolute Gasteiger partial charge is 0.255 e. The van der Waals surface area contributed by atoms with Crippen molar-refractivity contribution in [2.45, 2.75) is 6.92 Å². The molecular formula is C17H15N3O. The highest BCUT2D eigenvalue weighted by atomic mass is 16.1. The number of nitrogens with zero attached hydrogens (tertiary/aromatic N) is 1. The highest BCUT2D eigenvalue weighted by Gasteiger charge is 2.06. The summed E-state index contributed by atoms with van der Waals surface area (Å²) in [5.41, 5.74) is 4.43. The molecule has 4 heteroatoms. The van der Waals surface area contributed by atoms with Gasteiger partial charge in [-0.1, -0.05) is 29.8 Å². The monoisotopic (exact) mass is 277 g/mol. The minimum atomic E-state index is -0.114. The normalized spacial score (nSPS) is 10.3. The average molecular weight is 277 g/mol. The van der Waals surface area contributed by atoms with E-state index in [1.165, 1.54) is 0 Å². The fraction of sp³-hybridized carbons (Fsp3) is 0.0588. The Bertz CT molecular complexity index is 746. The van der Waals surface area contributed by atoms with Crippen LogP contribution in [0, 0.1) is 6.92 Å². The number of hydrogen-bond acceptors (Lipinski definition) is 2. The van der Waals surface area contributed by atoms with E-state index in [-0.39, 0.29) is 5.91 Å². The lowest BCUT2D eigenvalue weighted by atomic mass is 10.1. The molecule has 3 rings (SSSR count). The first-order valence-corrected chi connectivity index (χ1v) is 6.70. The zero-order valence-electron chi connectivity index (χ0n) is 11.6. The minimum absolute atomic E-state index is 0.114. The predicted octanol–water partition coefficient (Wildman–Crippen LogP) is 3.64. The van der Waals surface area contributed by atoms with Crippen molar-refractivity contribution in [1.82, 2.24) is 10.2 Å². The number of carbonyl (C=O) groups excluding carboxylic acids is 1. The molecule has 1 heterocycles. The Morgan fingerprint density at radius 2 is 1.90 bits per heavy atom. The molecule has 3 aromatic rings. The second kappa shape index (κ2) is 5.63. The third-order valence-corrected chi connectivity index (χ3v) is 3.25. The fourth-order valence-electron chi connectivity index (χ4n) is 2.09. The molecule has 0 fully saturated rings. The molecule has 2 N–H and O–H groups in total. The number of aryl methyl sites for hydroxylation is 1. The minimum Gasteiger partial charge on any atom is -0.322 e. The summed E-state index contributed by atoms with van der Waals surface area (Å²) < 4.78 is 0. The number of aromatic amines is 1. The van der Waals surface area contributed by atoms with Crippen LogP contribution >= 0.6 is 0 Å². The average Bonchev–Trinajstić information content (AvgIpc) is 3.02. The first-order chi connectivity index (χ1) is 10.2. The van der Waals surface area contributed by atoms with E-state index in [4.69, 9.17) is 0 Å². The lowest BCUT2D eigenvalue weighted by Crippen LogP contribution is -2.11. The van der Waals surface area contributed by atoms with Crippen molar-refractivity contribution in [3.05, 3.63) is 71.9 Å². The molecule has 1 aromatic heterocycles. The van der Waals surface area contributed by atoms with Gasteiger partial charge in [-0.3, -0.25) is 9.89 Å². The van der Waals surface area contributed by atoms with E-state index in [9.17, 15) is 4.79 Å². The Balaban J connectivity index is 1.80. The number of nitrogens with one attached hydrogen (secondary N) is 2. The van der Waals surface area contributed by atoms with E-state index in [1.807, 2.05) is 61.5 Å². The van der Waals surface area contributed by atoms with E-state index in [1.54, 1.807) is 6.20 Å². The van der Waals surface area contributed by atoms with Gasteiger partial charge in [0.2, 0.25) is 0 Å². The van der Waals surface area contributed by atoms with Crippen molar-refractivity contribution in [2.24, 2.45) is 0 Å². The molecule has 0 radical (unpaired) electrons. The summed E-state index contributed by atoms with van der Waals surface area (Å²) in [5, 5.41) is 9.75. The van der Waals surface area contributed by atoms with Gasteiger partial charge in [-0.25, -0.2) is 0 Å². The van der Waals surface area contributed by atoms with Gasteiger partial charge in [0.05, 0.1) is 5.69 Å². The Morgan fingerprint density at radius 1 is 1.10 bits per heavy atom. The number of rotatable bonds is 3. The van der Waals surface area contributed by atoms with Gasteiger partial charge in [0.1, 0.15) is 0 Å². The molecule has 2 aromatic carbocycles. The molecule has 0 aliphatic heterocycles. The molecule has 0 aliphatic carbocycles. The first kappa shape index (κ1) is 13.1. The summed E-state index contributed by atoms with van der Waals surface area (Å²) in [6, 6.07) is 17.0. The summed E-state index contributed by atoms with van der Waals surface area (Å²) >= 11 is 0. The van der Waals surface area contributed by atoms with Crippen LogP contribution in [-0.4, -0.2) is 16.1 Å². The largest absolute Gasteiger partial charge is 0.322 e. The molecule has 0 atom stereocenters. The van der Waals surface area contributed by atoms with Crippen LogP contribution in [0.1, 0.15) is 15.9 Å². The molecule has 0 aliphatic rings. The van der Waals surface area contributed by atoms with Gasteiger partial charge in [-0.15, -0.1) is 0 Å².